The Morgan fingerprint density at radius 2 is 1.80 bits per heavy atom. The molecule has 76 valence electrons. The van der Waals surface area contributed by atoms with Gasteiger partial charge in [0.25, 0.3) is 11.8 Å². The van der Waals surface area contributed by atoms with E-state index < -0.39 is 0 Å². The van der Waals surface area contributed by atoms with Crippen LogP contribution in [0.4, 0.5) is 5.69 Å². The number of hydrogen-bond acceptors (Lipinski definition) is 3. The van der Waals surface area contributed by atoms with Crippen molar-refractivity contribution in [2.75, 3.05) is 5.73 Å². The fraction of sp³-hybridized carbons (Fsp3) is 0.0909. The zero-order valence-electron chi connectivity index (χ0n) is 8.01. The monoisotopic (exact) mass is 202 g/mol. The molecule has 0 aliphatic carbocycles. The average molecular weight is 202 g/mol. The van der Waals surface area contributed by atoms with Gasteiger partial charge < -0.3 is 5.73 Å². The Labute approximate surface area is 87.0 Å². The fourth-order valence-electron chi connectivity index (χ4n) is 1.46. The van der Waals surface area contributed by atoms with E-state index in [9.17, 15) is 9.59 Å². The number of hydrogen-bond donors (Lipinski definition) is 1. The maximum atomic E-state index is 11.3. The normalized spacial score (nSPS) is 15.1. The largest absolute Gasteiger partial charge is 0.399 e. The van der Waals surface area contributed by atoms with Gasteiger partial charge in [-0.2, -0.15) is 0 Å². The zero-order valence-corrected chi connectivity index (χ0v) is 8.01. The van der Waals surface area contributed by atoms with Crippen LogP contribution >= 0.6 is 0 Å². The van der Waals surface area contributed by atoms with E-state index >= 15 is 0 Å². The molecule has 2 rings (SSSR count). The lowest BCUT2D eigenvalue weighted by Crippen LogP contribution is -2.29. The Morgan fingerprint density at radius 3 is 2.40 bits per heavy atom. The SMILES string of the molecule is Nc1cccc(CN2C(=O)C=CC2=O)c1. The highest BCUT2D eigenvalue weighted by atomic mass is 16.2. The molecule has 4 nitrogen and oxygen atoms in total. The van der Waals surface area contributed by atoms with E-state index in [4.69, 9.17) is 5.73 Å². The summed E-state index contributed by atoms with van der Waals surface area (Å²) in [5.74, 6) is -0.551. The second-order valence-corrected chi connectivity index (χ2v) is 3.34. The van der Waals surface area contributed by atoms with Crippen molar-refractivity contribution in [3.63, 3.8) is 0 Å². The van der Waals surface area contributed by atoms with Gasteiger partial charge in [0.15, 0.2) is 0 Å². The number of amides is 2. The molecule has 1 heterocycles. The third-order valence-corrected chi connectivity index (χ3v) is 2.19. The summed E-state index contributed by atoms with van der Waals surface area (Å²) in [6.07, 6.45) is 2.54. The van der Waals surface area contributed by atoms with Crippen LogP contribution in [0.2, 0.25) is 0 Å². The molecule has 1 aromatic rings. The second-order valence-electron chi connectivity index (χ2n) is 3.34. The van der Waals surface area contributed by atoms with Crippen LogP contribution in [-0.2, 0) is 16.1 Å². The first-order chi connectivity index (χ1) is 7.16. The maximum absolute atomic E-state index is 11.3. The van der Waals surface area contributed by atoms with E-state index in [0.717, 1.165) is 5.56 Å². The van der Waals surface area contributed by atoms with Crippen LogP contribution in [0, 0.1) is 0 Å². The minimum atomic E-state index is -0.276. The Bertz CT molecular complexity index is 434. The van der Waals surface area contributed by atoms with Crippen LogP contribution in [0.25, 0.3) is 0 Å². The lowest BCUT2D eigenvalue weighted by molar-refractivity contribution is -0.137. The molecule has 1 aromatic carbocycles. The van der Waals surface area contributed by atoms with Crippen LogP contribution in [0.1, 0.15) is 5.56 Å². The van der Waals surface area contributed by atoms with Crippen molar-refractivity contribution in [2.24, 2.45) is 0 Å². The van der Waals surface area contributed by atoms with Gasteiger partial charge in [0.1, 0.15) is 0 Å². The van der Waals surface area contributed by atoms with Gasteiger partial charge in [-0.3, -0.25) is 14.5 Å². The molecule has 0 aromatic heterocycles. The highest BCUT2D eigenvalue weighted by Crippen LogP contribution is 2.12. The van der Waals surface area contributed by atoms with Gasteiger partial charge in [-0.15, -0.1) is 0 Å². The number of nitrogens with two attached hydrogens (primary N) is 1. The zero-order chi connectivity index (χ0) is 10.8. The van der Waals surface area contributed by atoms with Crippen molar-refractivity contribution in [2.45, 2.75) is 6.54 Å². The van der Waals surface area contributed by atoms with Gasteiger partial charge in [0.2, 0.25) is 0 Å². The third-order valence-electron chi connectivity index (χ3n) is 2.19. The highest BCUT2D eigenvalue weighted by molar-refractivity contribution is 6.12. The van der Waals surface area contributed by atoms with Crippen LogP contribution in [0.3, 0.4) is 0 Å². The molecule has 0 bridgehead atoms. The first kappa shape index (κ1) is 9.45. The molecule has 0 spiro atoms. The van der Waals surface area contributed by atoms with Crippen LogP contribution in [0.5, 0.6) is 0 Å². The minimum Gasteiger partial charge on any atom is -0.399 e. The summed E-state index contributed by atoms with van der Waals surface area (Å²) in [6, 6.07) is 7.13. The number of carbonyl (C=O) groups is 2. The number of nitrogen functional groups attached to an aromatic ring is 1. The van der Waals surface area contributed by atoms with Gasteiger partial charge >= 0.3 is 0 Å². The van der Waals surface area contributed by atoms with E-state index in [2.05, 4.69) is 0 Å². The Balaban J connectivity index is 2.16. The smallest absolute Gasteiger partial charge is 0.253 e. The van der Waals surface area contributed by atoms with Crippen LogP contribution in [0.15, 0.2) is 36.4 Å². The molecule has 2 N–H and O–H groups in total. The standard InChI is InChI=1S/C11H10N2O2/c12-9-3-1-2-8(6-9)7-13-10(14)4-5-11(13)15/h1-6H,7,12H2. The summed E-state index contributed by atoms with van der Waals surface area (Å²) >= 11 is 0. The second kappa shape index (κ2) is 3.57. The molecular weight excluding hydrogens is 192 g/mol. The molecule has 1 aliphatic rings. The molecular formula is C11H10N2O2. The van der Waals surface area contributed by atoms with Crippen molar-refractivity contribution in [3.05, 3.63) is 42.0 Å². The van der Waals surface area contributed by atoms with E-state index in [-0.39, 0.29) is 18.4 Å². The van der Waals surface area contributed by atoms with Crippen molar-refractivity contribution in [1.29, 1.82) is 0 Å². The molecule has 0 unspecified atom stereocenters. The van der Waals surface area contributed by atoms with E-state index in [0.29, 0.717) is 5.69 Å². The molecule has 0 fully saturated rings. The number of imide groups is 1. The summed E-state index contributed by atoms with van der Waals surface area (Å²) in [5.41, 5.74) is 7.07. The van der Waals surface area contributed by atoms with Crippen molar-refractivity contribution in [3.8, 4) is 0 Å². The Hall–Kier alpha value is -2.10. The summed E-state index contributed by atoms with van der Waals surface area (Å²) in [4.78, 5) is 23.7. The molecule has 2 amide bonds. The van der Waals surface area contributed by atoms with Crippen LogP contribution < -0.4 is 5.73 Å². The van der Waals surface area contributed by atoms with Gasteiger partial charge in [0, 0.05) is 17.8 Å². The fourth-order valence-corrected chi connectivity index (χ4v) is 1.46. The van der Waals surface area contributed by atoms with Crippen molar-refractivity contribution >= 4 is 17.5 Å². The summed E-state index contributed by atoms with van der Waals surface area (Å²) in [5, 5.41) is 0. The van der Waals surface area contributed by atoms with E-state index in [1.165, 1.54) is 17.1 Å². The number of rotatable bonds is 2. The van der Waals surface area contributed by atoms with Gasteiger partial charge in [-0.25, -0.2) is 0 Å². The summed E-state index contributed by atoms with van der Waals surface area (Å²) in [7, 11) is 0. The molecule has 1 aliphatic heterocycles. The van der Waals surface area contributed by atoms with Crippen LogP contribution in [-0.4, -0.2) is 16.7 Å². The number of benzene rings is 1. The first-order valence-electron chi connectivity index (χ1n) is 4.55. The summed E-state index contributed by atoms with van der Waals surface area (Å²) < 4.78 is 0. The topological polar surface area (TPSA) is 63.4 Å². The van der Waals surface area contributed by atoms with Gasteiger partial charge in [0.05, 0.1) is 6.54 Å². The molecule has 0 saturated heterocycles. The molecule has 15 heavy (non-hydrogen) atoms. The lowest BCUT2D eigenvalue weighted by Gasteiger charge is -2.13. The molecule has 0 saturated carbocycles. The predicted molar refractivity (Wildman–Crippen MR) is 55.6 cm³/mol. The van der Waals surface area contributed by atoms with E-state index in [1.54, 1.807) is 18.2 Å². The third kappa shape index (κ3) is 1.88. The molecule has 4 heteroatoms. The number of anilines is 1. The van der Waals surface area contributed by atoms with Crippen molar-refractivity contribution in [1.82, 2.24) is 4.90 Å². The lowest BCUT2D eigenvalue weighted by atomic mass is 10.2. The van der Waals surface area contributed by atoms with Gasteiger partial charge in [-0.05, 0) is 17.7 Å². The Kier molecular flexibility index (Phi) is 2.25. The summed E-state index contributed by atoms with van der Waals surface area (Å²) in [6.45, 7) is 0.274. The molecule has 0 atom stereocenters. The first-order valence-corrected chi connectivity index (χ1v) is 4.55. The molecule has 0 radical (unpaired) electrons. The number of carbonyl (C=O) groups excluding carboxylic acids is 2. The average Bonchev–Trinajstić information content (AvgIpc) is 2.50. The predicted octanol–water partition coefficient (Wildman–Crippen LogP) is 0.694. The van der Waals surface area contributed by atoms with E-state index in [1.807, 2.05) is 6.07 Å². The Morgan fingerprint density at radius 1 is 1.13 bits per heavy atom. The quantitative estimate of drug-likeness (QED) is 0.567. The van der Waals surface area contributed by atoms with Crippen molar-refractivity contribution < 1.29 is 9.59 Å². The maximum Gasteiger partial charge on any atom is 0.253 e. The minimum absolute atomic E-state index is 0.274. The van der Waals surface area contributed by atoms with Gasteiger partial charge in [-0.1, -0.05) is 12.1 Å². The highest BCUT2D eigenvalue weighted by Gasteiger charge is 2.22. The number of nitrogens with zero attached hydrogens (tertiary/aromatic N) is 1.